The molecule has 2 amide bonds. The molecule has 22 heavy (non-hydrogen) atoms. The molecule has 0 aliphatic rings. The predicted octanol–water partition coefficient (Wildman–Crippen LogP) is 4.08. The molecule has 0 aromatic heterocycles. The maximum atomic E-state index is 11.7. The Balaban J connectivity index is 0.00000211. The SMILES string of the molecule is CC.CN(C)CCCNC(=O)Nc1ccc(C(C)(C)C)cc1. The number of urea groups is 1. The lowest BCUT2D eigenvalue weighted by Crippen LogP contribution is -2.31. The molecule has 126 valence electrons. The summed E-state index contributed by atoms with van der Waals surface area (Å²) in [5.74, 6) is 0. The van der Waals surface area contributed by atoms with E-state index in [1.165, 1.54) is 5.56 Å². The number of nitrogens with one attached hydrogen (secondary N) is 2. The fourth-order valence-corrected chi connectivity index (χ4v) is 1.83. The van der Waals surface area contributed by atoms with Gasteiger partial charge in [0.2, 0.25) is 0 Å². The molecule has 4 nitrogen and oxygen atoms in total. The van der Waals surface area contributed by atoms with Crippen LogP contribution in [0.5, 0.6) is 0 Å². The van der Waals surface area contributed by atoms with Crippen LogP contribution in [0.2, 0.25) is 0 Å². The monoisotopic (exact) mass is 307 g/mol. The summed E-state index contributed by atoms with van der Waals surface area (Å²) in [4.78, 5) is 13.8. The van der Waals surface area contributed by atoms with Gasteiger partial charge in [-0.2, -0.15) is 0 Å². The molecule has 1 rings (SSSR count). The zero-order valence-corrected chi connectivity index (χ0v) is 15.3. The summed E-state index contributed by atoms with van der Waals surface area (Å²) in [6, 6.07) is 7.86. The molecule has 1 aromatic carbocycles. The van der Waals surface area contributed by atoms with Crippen molar-refractivity contribution in [3.63, 3.8) is 0 Å². The molecule has 0 spiro atoms. The Hall–Kier alpha value is -1.55. The van der Waals surface area contributed by atoms with Gasteiger partial charge in [-0.05, 0) is 50.2 Å². The van der Waals surface area contributed by atoms with Crippen LogP contribution in [-0.2, 0) is 5.41 Å². The summed E-state index contributed by atoms with van der Waals surface area (Å²) in [5.41, 5.74) is 2.21. The van der Waals surface area contributed by atoms with E-state index in [0.717, 1.165) is 18.7 Å². The van der Waals surface area contributed by atoms with Gasteiger partial charge in [-0.1, -0.05) is 46.8 Å². The minimum Gasteiger partial charge on any atom is -0.338 e. The smallest absolute Gasteiger partial charge is 0.319 e. The number of rotatable bonds is 5. The molecular formula is C18H33N3O. The van der Waals surface area contributed by atoms with Crippen molar-refractivity contribution in [2.75, 3.05) is 32.5 Å². The number of hydrogen-bond acceptors (Lipinski definition) is 2. The first-order chi connectivity index (χ1) is 10.3. The number of nitrogens with zero attached hydrogens (tertiary/aromatic N) is 1. The van der Waals surface area contributed by atoms with Gasteiger partial charge in [-0.3, -0.25) is 0 Å². The topological polar surface area (TPSA) is 44.4 Å². The Morgan fingerprint density at radius 3 is 2.09 bits per heavy atom. The summed E-state index contributed by atoms with van der Waals surface area (Å²) in [5, 5.41) is 5.70. The largest absolute Gasteiger partial charge is 0.338 e. The molecule has 1 aromatic rings. The van der Waals surface area contributed by atoms with Gasteiger partial charge < -0.3 is 15.5 Å². The van der Waals surface area contributed by atoms with Crippen molar-refractivity contribution in [1.29, 1.82) is 0 Å². The Morgan fingerprint density at radius 2 is 1.64 bits per heavy atom. The third-order valence-electron chi connectivity index (χ3n) is 3.08. The second kappa shape index (κ2) is 10.2. The number of benzene rings is 1. The molecule has 2 N–H and O–H groups in total. The van der Waals surface area contributed by atoms with Crippen LogP contribution in [0.4, 0.5) is 10.5 Å². The van der Waals surface area contributed by atoms with E-state index < -0.39 is 0 Å². The normalized spacial score (nSPS) is 10.7. The molecule has 0 unspecified atom stereocenters. The molecule has 0 saturated heterocycles. The first-order valence-electron chi connectivity index (χ1n) is 8.09. The minimum absolute atomic E-state index is 0.132. The van der Waals surface area contributed by atoms with Gasteiger partial charge in [-0.25, -0.2) is 4.79 Å². The zero-order valence-electron chi connectivity index (χ0n) is 15.3. The van der Waals surface area contributed by atoms with E-state index in [0.29, 0.717) is 6.54 Å². The molecule has 0 aliphatic carbocycles. The van der Waals surface area contributed by atoms with Crippen molar-refractivity contribution in [3.8, 4) is 0 Å². The molecule has 0 bridgehead atoms. The second-order valence-electron chi connectivity index (χ2n) is 6.37. The van der Waals surface area contributed by atoms with Gasteiger partial charge in [0.05, 0.1) is 0 Å². The molecule has 0 heterocycles. The van der Waals surface area contributed by atoms with E-state index in [2.05, 4.69) is 48.4 Å². The highest BCUT2D eigenvalue weighted by Gasteiger charge is 2.13. The summed E-state index contributed by atoms with van der Waals surface area (Å²) in [7, 11) is 4.05. The quantitative estimate of drug-likeness (QED) is 0.805. The number of carbonyl (C=O) groups excluding carboxylic acids is 1. The molecule has 0 aliphatic heterocycles. The lowest BCUT2D eigenvalue weighted by Gasteiger charge is -2.19. The molecular weight excluding hydrogens is 274 g/mol. The van der Waals surface area contributed by atoms with E-state index in [4.69, 9.17) is 0 Å². The first kappa shape index (κ1) is 20.5. The number of amides is 2. The van der Waals surface area contributed by atoms with Crippen molar-refractivity contribution in [2.45, 2.75) is 46.5 Å². The summed E-state index contributed by atoms with van der Waals surface area (Å²) >= 11 is 0. The van der Waals surface area contributed by atoms with E-state index in [1.807, 2.05) is 40.1 Å². The van der Waals surface area contributed by atoms with Crippen molar-refractivity contribution in [2.24, 2.45) is 0 Å². The van der Waals surface area contributed by atoms with Crippen LogP contribution in [0.25, 0.3) is 0 Å². The van der Waals surface area contributed by atoms with Crippen molar-refractivity contribution in [3.05, 3.63) is 29.8 Å². The first-order valence-corrected chi connectivity index (χ1v) is 8.09. The Kier molecular flexibility index (Phi) is 9.50. The lowest BCUT2D eigenvalue weighted by atomic mass is 9.87. The van der Waals surface area contributed by atoms with Crippen LogP contribution in [0, 0.1) is 0 Å². The highest BCUT2D eigenvalue weighted by molar-refractivity contribution is 5.89. The zero-order chi connectivity index (χ0) is 17.2. The van der Waals surface area contributed by atoms with Crippen molar-refractivity contribution >= 4 is 11.7 Å². The number of carbonyl (C=O) groups is 1. The predicted molar refractivity (Wildman–Crippen MR) is 96.7 cm³/mol. The van der Waals surface area contributed by atoms with Gasteiger partial charge in [0.1, 0.15) is 0 Å². The average Bonchev–Trinajstić information content (AvgIpc) is 2.45. The molecule has 4 heteroatoms. The Morgan fingerprint density at radius 1 is 1.09 bits per heavy atom. The summed E-state index contributed by atoms with van der Waals surface area (Å²) < 4.78 is 0. The average molecular weight is 307 g/mol. The second-order valence-corrected chi connectivity index (χ2v) is 6.37. The maximum absolute atomic E-state index is 11.7. The van der Waals surface area contributed by atoms with Gasteiger partial charge >= 0.3 is 6.03 Å². The third kappa shape index (κ3) is 8.67. The van der Waals surface area contributed by atoms with E-state index in [1.54, 1.807) is 0 Å². The Bertz CT molecular complexity index is 419. The molecule has 0 saturated carbocycles. The van der Waals surface area contributed by atoms with Crippen LogP contribution in [0.1, 0.15) is 46.6 Å². The van der Waals surface area contributed by atoms with Gasteiger partial charge in [-0.15, -0.1) is 0 Å². The van der Waals surface area contributed by atoms with Crippen LogP contribution < -0.4 is 10.6 Å². The van der Waals surface area contributed by atoms with Crippen molar-refractivity contribution < 1.29 is 4.79 Å². The standard InChI is InChI=1S/C16H27N3O.C2H6/c1-16(2,3)13-7-9-14(10-8-13)18-15(20)17-11-6-12-19(4)5;1-2/h7-10H,6,11-12H2,1-5H3,(H2,17,18,20);1-2H3. The van der Waals surface area contributed by atoms with E-state index in [9.17, 15) is 4.79 Å². The highest BCUT2D eigenvalue weighted by Crippen LogP contribution is 2.23. The number of anilines is 1. The fraction of sp³-hybridized carbons (Fsp3) is 0.611. The van der Waals surface area contributed by atoms with Crippen molar-refractivity contribution in [1.82, 2.24) is 10.2 Å². The van der Waals surface area contributed by atoms with Gasteiger partial charge in [0.15, 0.2) is 0 Å². The Labute approximate surface area is 136 Å². The summed E-state index contributed by atoms with van der Waals surface area (Å²) in [6.07, 6.45) is 0.948. The van der Waals surface area contributed by atoms with Crippen LogP contribution in [0.15, 0.2) is 24.3 Å². The molecule has 0 radical (unpaired) electrons. The van der Waals surface area contributed by atoms with Crippen LogP contribution in [-0.4, -0.2) is 38.1 Å². The fourth-order valence-electron chi connectivity index (χ4n) is 1.83. The van der Waals surface area contributed by atoms with E-state index in [-0.39, 0.29) is 11.4 Å². The maximum Gasteiger partial charge on any atom is 0.319 e. The van der Waals surface area contributed by atoms with Gasteiger partial charge in [0.25, 0.3) is 0 Å². The minimum atomic E-state index is -0.146. The van der Waals surface area contributed by atoms with E-state index >= 15 is 0 Å². The summed E-state index contributed by atoms with van der Waals surface area (Å²) in [6.45, 7) is 12.2. The lowest BCUT2D eigenvalue weighted by molar-refractivity contribution is 0.251. The highest BCUT2D eigenvalue weighted by atomic mass is 16.2. The van der Waals surface area contributed by atoms with Crippen LogP contribution >= 0.6 is 0 Å². The molecule has 0 fully saturated rings. The number of hydrogen-bond donors (Lipinski definition) is 2. The van der Waals surface area contributed by atoms with Crippen LogP contribution in [0.3, 0.4) is 0 Å². The molecule has 0 atom stereocenters. The third-order valence-corrected chi connectivity index (χ3v) is 3.08. The van der Waals surface area contributed by atoms with Gasteiger partial charge in [0, 0.05) is 12.2 Å².